The van der Waals surface area contributed by atoms with Crippen molar-refractivity contribution < 1.29 is 19.0 Å². The van der Waals surface area contributed by atoms with E-state index >= 15 is 0 Å². The van der Waals surface area contributed by atoms with Crippen LogP contribution in [0.15, 0.2) is 18.6 Å². The lowest BCUT2D eigenvalue weighted by Crippen LogP contribution is -2.46. The van der Waals surface area contributed by atoms with Crippen LogP contribution in [-0.2, 0) is 14.2 Å². The third kappa shape index (κ3) is 5.67. The standard InChI is InChI=1S/C22H34N6O4/c1-22(2,3)32-21(29)24-8-6-15-12-27(10-11-30-15)13-16-4-5-18(31-16)28-9-7-17-19(23)25-14-26-20(17)28/h7,9,14-16,18H,4-6,8,10-13H2,1-3H3,(H,24,29)(H2,23,25,26)/t15?,16-,18+/m0/s1. The molecule has 0 radical (unpaired) electrons. The number of rotatable bonds is 6. The molecule has 0 aromatic carbocycles. The van der Waals surface area contributed by atoms with E-state index in [4.69, 9.17) is 19.9 Å². The number of nitrogens with two attached hydrogens (primary N) is 1. The van der Waals surface area contributed by atoms with Crippen LogP contribution in [0.5, 0.6) is 0 Å². The van der Waals surface area contributed by atoms with Crippen LogP contribution in [0, 0.1) is 0 Å². The Labute approximate surface area is 188 Å². The lowest BCUT2D eigenvalue weighted by atomic mass is 10.1. The summed E-state index contributed by atoms with van der Waals surface area (Å²) < 4.78 is 19.6. The van der Waals surface area contributed by atoms with Crippen molar-refractivity contribution in [3.8, 4) is 0 Å². The first-order valence-electron chi connectivity index (χ1n) is 11.3. The summed E-state index contributed by atoms with van der Waals surface area (Å²) in [4.78, 5) is 22.6. The van der Waals surface area contributed by atoms with E-state index in [1.165, 1.54) is 6.33 Å². The molecule has 1 amide bonds. The molecule has 10 heteroatoms. The summed E-state index contributed by atoms with van der Waals surface area (Å²) in [7, 11) is 0. The molecule has 0 bridgehead atoms. The zero-order valence-corrected chi connectivity index (χ0v) is 19.1. The van der Waals surface area contributed by atoms with Crippen molar-refractivity contribution in [2.24, 2.45) is 0 Å². The normalized spacial score (nSPS) is 24.7. The second-order valence-electron chi connectivity index (χ2n) is 9.48. The van der Waals surface area contributed by atoms with Gasteiger partial charge in [0.1, 0.15) is 29.6 Å². The number of fused-ring (bicyclic) bond motifs is 1. The number of carbonyl (C=O) groups is 1. The van der Waals surface area contributed by atoms with Gasteiger partial charge in [0.25, 0.3) is 0 Å². The third-order valence-corrected chi connectivity index (χ3v) is 5.75. The van der Waals surface area contributed by atoms with E-state index < -0.39 is 5.60 Å². The number of anilines is 1. The molecule has 0 aliphatic carbocycles. The predicted molar refractivity (Wildman–Crippen MR) is 120 cm³/mol. The highest BCUT2D eigenvalue weighted by molar-refractivity contribution is 5.86. The molecule has 2 saturated heterocycles. The van der Waals surface area contributed by atoms with Gasteiger partial charge in [0.05, 0.1) is 24.2 Å². The fraction of sp³-hybridized carbons (Fsp3) is 0.682. The molecular weight excluding hydrogens is 412 g/mol. The van der Waals surface area contributed by atoms with Crippen LogP contribution in [0.2, 0.25) is 0 Å². The molecule has 1 unspecified atom stereocenters. The van der Waals surface area contributed by atoms with Gasteiger partial charge in [-0.1, -0.05) is 0 Å². The summed E-state index contributed by atoms with van der Waals surface area (Å²) in [6.45, 7) is 9.36. The number of nitrogens with zero attached hydrogens (tertiary/aromatic N) is 4. The largest absolute Gasteiger partial charge is 0.444 e. The zero-order valence-electron chi connectivity index (χ0n) is 19.1. The third-order valence-electron chi connectivity index (χ3n) is 5.75. The second-order valence-corrected chi connectivity index (χ2v) is 9.48. The van der Waals surface area contributed by atoms with E-state index in [1.54, 1.807) is 0 Å². The van der Waals surface area contributed by atoms with Gasteiger partial charge in [0.2, 0.25) is 0 Å². The van der Waals surface area contributed by atoms with Gasteiger partial charge in [-0.3, -0.25) is 4.90 Å². The van der Waals surface area contributed by atoms with Crippen LogP contribution in [0.1, 0.15) is 46.3 Å². The summed E-state index contributed by atoms with van der Waals surface area (Å²) in [5.74, 6) is 0.490. The van der Waals surface area contributed by atoms with Gasteiger partial charge in [-0.2, -0.15) is 0 Å². The number of carbonyl (C=O) groups excluding carboxylic acids is 1. The number of nitrogens with one attached hydrogen (secondary N) is 1. The van der Waals surface area contributed by atoms with E-state index in [2.05, 4.69) is 24.8 Å². The fourth-order valence-electron chi connectivity index (χ4n) is 4.31. The predicted octanol–water partition coefficient (Wildman–Crippen LogP) is 2.31. The highest BCUT2D eigenvalue weighted by atomic mass is 16.6. The van der Waals surface area contributed by atoms with Gasteiger partial charge in [-0.25, -0.2) is 14.8 Å². The Morgan fingerprint density at radius 1 is 1.31 bits per heavy atom. The Morgan fingerprint density at radius 2 is 2.16 bits per heavy atom. The van der Waals surface area contributed by atoms with E-state index in [0.717, 1.165) is 49.9 Å². The van der Waals surface area contributed by atoms with E-state index in [1.807, 2.05) is 33.0 Å². The quantitative estimate of drug-likeness (QED) is 0.694. The molecule has 10 nitrogen and oxygen atoms in total. The zero-order chi connectivity index (χ0) is 22.7. The molecule has 3 atom stereocenters. The van der Waals surface area contributed by atoms with Gasteiger partial charge < -0.3 is 29.8 Å². The molecule has 2 aliphatic heterocycles. The van der Waals surface area contributed by atoms with Crippen molar-refractivity contribution in [2.75, 3.05) is 38.5 Å². The molecule has 0 spiro atoms. The SMILES string of the molecule is CC(C)(C)OC(=O)NCCC1CN(C[C@@H]2CC[C@H](n3ccc4c(N)ncnc43)O2)CCO1. The summed E-state index contributed by atoms with van der Waals surface area (Å²) in [6.07, 6.45) is 5.97. The maximum atomic E-state index is 11.8. The minimum atomic E-state index is -0.492. The summed E-state index contributed by atoms with van der Waals surface area (Å²) in [6, 6.07) is 1.94. The minimum absolute atomic E-state index is 0.0401. The van der Waals surface area contributed by atoms with Crippen molar-refractivity contribution in [1.29, 1.82) is 0 Å². The molecule has 4 heterocycles. The van der Waals surface area contributed by atoms with Crippen LogP contribution in [-0.4, -0.2) is 76.1 Å². The number of aromatic nitrogens is 3. The summed E-state index contributed by atoms with van der Waals surface area (Å²) >= 11 is 0. The van der Waals surface area contributed by atoms with Crippen LogP contribution < -0.4 is 11.1 Å². The Bertz CT molecular complexity index is 927. The maximum absolute atomic E-state index is 11.8. The lowest BCUT2D eigenvalue weighted by molar-refractivity contribution is -0.0597. The van der Waals surface area contributed by atoms with Crippen molar-refractivity contribution in [2.45, 2.75) is 64.1 Å². The van der Waals surface area contributed by atoms with Gasteiger partial charge in [-0.15, -0.1) is 0 Å². The average Bonchev–Trinajstić information content (AvgIpc) is 3.34. The van der Waals surface area contributed by atoms with Crippen LogP contribution in [0.25, 0.3) is 11.0 Å². The minimum Gasteiger partial charge on any atom is -0.444 e. The van der Waals surface area contributed by atoms with Gasteiger partial charge >= 0.3 is 6.09 Å². The lowest BCUT2D eigenvalue weighted by Gasteiger charge is -2.34. The Morgan fingerprint density at radius 3 is 2.97 bits per heavy atom. The number of hydrogen-bond donors (Lipinski definition) is 2. The average molecular weight is 447 g/mol. The van der Waals surface area contributed by atoms with E-state index in [0.29, 0.717) is 19.0 Å². The molecular formula is C22H34N6O4. The first kappa shape index (κ1) is 22.8. The van der Waals surface area contributed by atoms with Gasteiger partial charge in [0, 0.05) is 32.4 Å². The van der Waals surface area contributed by atoms with Crippen molar-refractivity contribution >= 4 is 22.9 Å². The molecule has 3 N–H and O–H groups in total. The molecule has 2 aliphatic rings. The molecule has 176 valence electrons. The molecule has 2 fully saturated rings. The smallest absolute Gasteiger partial charge is 0.407 e. The molecule has 2 aromatic heterocycles. The van der Waals surface area contributed by atoms with E-state index in [9.17, 15) is 4.79 Å². The monoisotopic (exact) mass is 446 g/mol. The van der Waals surface area contributed by atoms with Crippen molar-refractivity contribution in [3.05, 3.63) is 18.6 Å². The number of morpholine rings is 1. The molecule has 0 saturated carbocycles. The number of hydrogen-bond acceptors (Lipinski definition) is 8. The van der Waals surface area contributed by atoms with Crippen LogP contribution in [0.3, 0.4) is 0 Å². The molecule has 4 rings (SSSR count). The highest BCUT2D eigenvalue weighted by Gasteiger charge is 2.31. The fourth-order valence-corrected chi connectivity index (χ4v) is 4.31. The van der Waals surface area contributed by atoms with Crippen molar-refractivity contribution in [3.63, 3.8) is 0 Å². The summed E-state index contributed by atoms with van der Waals surface area (Å²) in [5.41, 5.74) is 6.28. The number of ether oxygens (including phenoxy) is 3. The maximum Gasteiger partial charge on any atom is 0.407 e. The Kier molecular flexibility index (Phi) is 6.82. The Hall–Kier alpha value is -2.43. The van der Waals surface area contributed by atoms with Crippen molar-refractivity contribution in [1.82, 2.24) is 24.8 Å². The van der Waals surface area contributed by atoms with E-state index in [-0.39, 0.29) is 24.5 Å². The first-order valence-corrected chi connectivity index (χ1v) is 11.3. The van der Waals surface area contributed by atoms with Gasteiger partial charge in [0.15, 0.2) is 0 Å². The highest BCUT2D eigenvalue weighted by Crippen LogP contribution is 2.32. The number of amides is 1. The van der Waals surface area contributed by atoms with Crippen LogP contribution >= 0.6 is 0 Å². The summed E-state index contributed by atoms with van der Waals surface area (Å²) in [5, 5.41) is 3.66. The number of nitrogen functional groups attached to an aromatic ring is 1. The number of alkyl carbamates (subject to hydrolysis) is 1. The molecule has 32 heavy (non-hydrogen) atoms. The van der Waals surface area contributed by atoms with Crippen LogP contribution in [0.4, 0.5) is 10.6 Å². The second kappa shape index (κ2) is 9.60. The topological polar surface area (TPSA) is 117 Å². The Balaban J connectivity index is 1.23. The van der Waals surface area contributed by atoms with Gasteiger partial charge in [-0.05, 0) is 46.1 Å². The first-order chi connectivity index (χ1) is 15.3. The molecule has 2 aromatic rings.